The second-order valence-electron chi connectivity index (χ2n) is 25.3. The molecule has 9 rings (SSSR count). The molecule has 3 unspecified atom stereocenters. The first-order chi connectivity index (χ1) is 35.6. The Hall–Kier alpha value is -1.67. The number of hydrogen-bond acceptors (Lipinski definition) is 24. The average molecular weight is 1090 g/mol. The van der Waals surface area contributed by atoms with Crippen LogP contribution in [0.3, 0.4) is 0 Å². The van der Waals surface area contributed by atoms with E-state index in [1.165, 1.54) is 6.92 Å². The Morgan fingerprint density at radius 2 is 1.22 bits per heavy atom. The van der Waals surface area contributed by atoms with Crippen LogP contribution in [0.4, 0.5) is 0 Å². The lowest BCUT2D eigenvalue weighted by atomic mass is 9.33. The molecule has 0 spiro atoms. The number of esters is 1. The Bertz CT molecular complexity index is 2090. The lowest BCUT2D eigenvalue weighted by molar-refractivity contribution is -0.354. The summed E-state index contributed by atoms with van der Waals surface area (Å²) < 4.78 is 47.1. The first kappa shape index (κ1) is 59.0. The molecule has 28 atom stereocenters. The second-order valence-corrected chi connectivity index (χ2v) is 25.3. The van der Waals surface area contributed by atoms with Crippen molar-refractivity contribution in [1.82, 2.24) is 0 Å². The zero-order chi connectivity index (χ0) is 55.6. The van der Waals surface area contributed by atoms with Crippen molar-refractivity contribution in [1.29, 1.82) is 0 Å². The number of ether oxygens (including phenoxy) is 8. The van der Waals surface area contributed by atoms with Crippen LogP contribution in [0.2, 0.25) is 0 Å². The maximum absolute atomic E-state index is 15.3. The van der Waals surface area contributed by atoms with Crippen LogP contribution in [0, 0.1) is 50.2 Å². The first-order valence-electron chi connectivity index (χ1n) is 27.0. The molecule has 4 saturated heterocycles. The number of fused-ring (bicyclic) bond motifs is 7. The van der Waals surface area contributed by atoms with Crippen LogP contribution in [0.1, 0.15) is 92.9 Å². The van der Waals surface area contributed by atoms with E-state index < -0.39 is 200 Å². The highest BCUT2D eigenvalue weighted by atomic mass is 16.8. The Morgan fingerprint density at radius 3 is 1.88 bits per heavy atom. The van der Waals surface area contributed by atoms with Crippen molar-refractivity contribution in [3.8, 4) is 0 Å². The molecule has 0 amide bonds. The number of aliphatic hydroxyl groups is 15. The fourth-order valence-electron chi connectivity index (χ4n) is 16.3. The van der Waals surface area contributed by atoms with Crippen LogP contribution in [-0.4, -0.2) is 245 Å². The molecule has 15 N–H and O–H groups in total. The summed E-state index contributed by atoms with van der Waals surface area (Å²) in [5, 5.41) is 164. The Kier molecular flexibility index (Phi) is 16.5. The molecule has 9 aliphatic rings. The first-order valence-corrected chi connectivity index (χ1v) is 27.0. The second kappa shape index (κ2) is 21.3. The topological polar surface area (TPSA) is 394 Å². The molecule has 0 bridgehead atoms. The van der Waals surface area contributed by atoms with Gasteiger partial charge in [0.2, 0.25) is 6.29 Å². The molecule has 5 aliphatic carbocycles. The van der Waals surface area contributed by atoms with E-state index in [0.29, 0.717) is 32.1 Å². The van der Waals surface area contributed by atoms with Gasteiger partial charge in [-0.25, -0.2) is 0 Å². The van der Waals surface area contributed by atoms with Gasteiger partial charge in [0, 0.05) is 5.41 Å². The fraction of sp³-hybridized carbons (Fsp3) is 0.942. The van der Waals surface area contributed by atoms with Gasteiger partial charge in [0.15, 0.2) is 25.0 Å². The molecule has 24 heteroatoms. The summed E-state index contributed by atoms with van der Waals surface area (Å²) in [7, 11) is 0. The van der Waals surface area contributed by atoms with Crippen molar-refractivity contribution in [3.63, 3.8) is 0 Å². The van der Waals surface area contributed by atoms with Crippen molar-refractivity contribution < 1.29 is 119 Å². The van der Waals surface area contributed by atoms with E-state index in [-0.39, 0.29) is 37.2 Å². The quantitative estimate of drug-likeness (QED) is 0.0505. The van der Waals surface area contributed by atoms with Gasteiger partial charge in [0.1, 0.15) is 78.7 Å². The molecule has 4 heterocycles. The minimum atomic E-state index is -1.89. The monoisotopic (exact) mass is 1090 g/mol. The molecule has 436 valence electrons. The van der Waals surface area contributed by atoms with E-state index in [1.54, 1.807) is 0 Å². The third kappa shape index (κ3) is 9.08. The van der Waals surface area contributed by atoms with Crippen LogP contribution >= 0.6 is 0 Å². The van der Waals surface area contributed by atoms with Gasteiger partial charge < -0.3 is 114 Å². The Balaban J connectivity index is 0.971. The lowest BCUT2D eigenvalue weighted by Crippen LogP contribution is -2.71. The molecule has 0 aromatic rings. The Morgan fingerprint density at radius 1 is 0.618 bits per heavy atom. The van der Waals surface area contributed by atoms with Crippen molar-refractivity contribution in [2.45, 2.75) is 222 Å². The zero-order valence-corrected chi connectivity index (χ0v) is 44.0. The maximum atomic E-state index is 15.3. The number of rotatable bonds is 12. The van der Waals surface area contributed by atoms with Crippen LogP contribution in [0.5, 0.6) is 0 Å². The van der Waals surface area contributed by atoms with Crippen molar-refractivity contribution in [3.05, 3.63) is 11.6 Å². The summed E-state index contributed by atoms with van der Waals surface area (Å²) in [5.74, 6) is -2.14. The molecule has 0 aromatic carbocycles. The summed E-state index contributed by atoms with van der Waals surface area (Å²) in [6.07, 6.45) is -27.6. The summed E-state index contributed by atoms with van der Waals surface area (Å²) in [5.41, 5.74) is -4.60. The molecule has 4 aliphatic heterocycles. The molecular formula is C52H84O24. The van der Waals surface area contributed by atoms with Gasteiger partial charge in [0.25, 0.3) is 0 Å². The SMILES string of the molecule is C[C@@H]1O[C@@H](O[C@H]2[C@H](OC(=O)[C@]34CCC(C)(C)C[C@H]3C3=CCC5[C@@]6(C)C[C@H](O)[C@H](OC7O[C@H](CO)[C@@H](O)[C@H](O)[C@H]7O)C(CO)(CO)C6CC[C@@]5(C)[C@]3(C)C[C@H]4O)O[C@@H](CO)[C@@H]2O)[C@H](O)[C@H](O)[C@H]1O[C@@H]1OC[C@@H](O)[C@H](O)[C@H]1O. The minimum absolute atomic E-state index is 0.103. The van der Waals surface area contributed by atoms with E-state index in [4.69, 9.17) is 37.9 Å². The van der Waals surface area contributed by atoms with Gasteiger partial charge in [0.05, 0.1) is 57.5 Å². The van der Waals surface area contributed by atoms with Crippen molar-refractivity contribution in [2.75, 3.05) is 33.0 Å². The number of allylic oxidation sites excluding steroid dienone is 2. The minimum Gasteiger partial charge on any atom is -0.432 e. The molecule has 8 fully saturated rings. The smallest absolute Gasteiger partial charge is 0.317 e. The average Bonchev–Trinajstić information content (AvgIpc) is 3.84. The maximum Gasteiger partial charge on any atom is 0.317 e. The number of carbonyl (C=O) groups excluding carboxylic acids is 1. The number of carbonyl (C=O) groups is 1. The Labute approximate surface area is 441 Å². The summed E-state index contributed by atoms with van der Waals surface area (Å²) >= 11 is 0. The van der Waals surface area contributed by atoms with Crippen LogP contribution < -0.4 is 0 Å². The van der Waals surface area contributed by atoms with Gasteiger partial charge in [-0.05, 0) is 97.7 Å². The number of hydrogen-bond donors (Lipinski definition) is 15. The molecule has 0 radical (unpaired) electrons. The molecule has 24 nitrogen and oxygen atoms in total. The predicted octanol–water partition coefficient (Wildman–Crippen LogP) is -3.84. The predicted molar refractivity (Wildman–Crippen MR) is 255 cm³/mol. The summed E-state index contributed by atoms with van der Waals surface area (Å²) in [6.45, 7) is 8.86. The van der Waals surface area contributed by atoms with E-state index >= 15 is 4.79 Å². The van der Waals surface area contributed by atoms with Crippen molar-refractivity contribution in [2.24, 2.45) is 50.2 Å². The van der Waals surface area contributed by atoms with Crippen LogP contribution in [0.25, 0.3) is 0 Å². The highest BCUT2D eigenvalue weighted by Gasteiger charge is 2.74. The van der Waals surface area contributed by atoms with E-state index in [9.17, 15) is 76.6 Å². The number of aliphatic hydroxyl groups excluding tert-OH is 15. The standard InChI is InChI=1S/C52H84O24/c1-21-39(73-42-36(65)31(60)25(58)18-69-42)35(64)38(67)43(70-21)74-40-33(62)27(17-54)72-45(40)76-46(68)52-12-11-47(2,3)13-23(52)22-7-8-28-48(4)14-24(57)41(75-44-37(66)34(63)32(61)26(16-53)71-44)51(19-55,20-56)29(48)9-10-49(28,5)50(22,6)15-30(52)59/h7,21,23-45,53-67H,8-20H2,1-6H3/t21-,23-,24-,25+,26+,27-,28?,29?,30+,31-,32+,33-,34-,35-,36+,37+,38+,39-,40+,41-,42-,43-,44?,45-,48+,49+,50+,52+/m0/s1. The van der Waals surface area contributed by atoms with Gasteiger partial charge in [-0.3, -0.25) is 4.79 Å². The fourth-order valence-corrected chi connectivity index (χ4v) is 16.3. The normalized spacial score (nSPS) is 53.8. The van der Waals surface area contributed by atoms with Crippen molar-refractivity contribution >= 4 is 5.97 Å². The van der Waals surface area contributed by atoms with E-state index in [2.05, 4.69) is 33.8 Å². The highest BCUT2D eigenvalue weighted by Crippen LogP contribution is 2.76. The van der Waals surface area contributed by atoms with E-state index in [1.807, 2.05) is 6.92 Å². The molecule has 4 saturated carbocycles. The zero-order valence-electron chi connectivity index (χ0n) is 44.0. The van der Waals surface area contributed by atoms with Crippen LogP contribution in [0.15, 0.2) is 11.6 Å². The van der Waals surface area contributed by atoms with Crippen LogP contribution in [-0.2, 0) is 42.7 Å². The summed E-state index contributed by atoms with van der Waals surface area (Å²) in [4.78, 5) is 15.3. The third-order valence-electron chi connectivity index (χ3n) is 20.8. The lowest BCUT2D eigenvalue weighted by Gasteiger charge is -2.72. The van der Waals surface area contributed by atoms with Gasteiger partial charge in [-0.1, -0.05) is 46.3 Å². The summed E-state index contributed by atoms with van der Waals surface area (Å²) in [6, 6.07) is 0. The largest absolute Gasteiger partial charge is 0.432 e. The molecule has 0 aromatic heterocycles. The highest BCUT2D eigenvalue weighted by molar-refractivity contribution is 5.80. The van der Waals surface area contributed by atoms with Gasteiger partial charge >= 0.3 is 5.97 Å². The van der Waals surface area contributed by atoms with Gasteiger partial charge in [-0.15, -0.1) is 0 Å². The molecule has 76 heavy (non-hydrogen) atoms. The third-order valence-corrected chi connectivity index (χ3v) is 20.8. The van der Waals surface area contributed by atoms with E-state index in [0.717, 1.165) is 5.57 Å². The molecular weight excluding hydrogens is 1010 g/mol. The van der Waals surface area contributed by atoms with Gasteiger partial charge in [-0.2, -0.15) is 0 Å².